The van der Waals surface area contributed by atoms with Crippen molar-refractivity contribution in [2.75, 3.05) is 33.3 Å². The van der Waals surface area contributed by atoms with Crippen molar-refractivity contribution in [1.82, 2.24) is 10.2 Å². The van der Waals surface area contributed by atoms with Crippen molar-refractivity contribution in [1.29, 1.82) is 0 Å². The molecule has 100 valence electrons. The molecule has 0 saturated carbocycles. The van der Waals surface area contributed by atoms with Gasteiger partial charge in [0.1, 0.15) is 11.6 Å². The number of hydrogen-bond donors (Lipinski definition) is 2. The Morgan fingerprint density at radius 3 is 3.00 bits per heavy atom. The van der Waals surface area contributed by atoms with Crippen molar-refractivity contribution in [2.24, 2.45) is 0 Å². The van der Waals surface area contributed by atoms with E-state index in [1.54, 1.807) is 6.07 Å². The Kier molecular flexibility index (Phi) is 4.52. The van der Waals surface area contributed by atoms with Gasteiger partial charge in [0, 0.05) is 32.2 Å². The van der Waals surface area contributed by atoms with E-state index in [9.17, 15) is 9.50 Å². The summed E-state index contributed by atoms with van der Waals surface area (Å²) in [7, 11) is 1.96. The Hall–Kier alpha value is -1.17. The van der Waals surface area contributed by atoms with Gasteiger partial charge in [0.15, 0.2) is 0 Å². The average molecular weight is 254 g/mol. The van der Waals surface area contributed by atoms with E-state index >= 15 is 0 Å². The second-order valence-electron chi connectivity index (χ2n) is 4.71. The summed E-state index contributed by atoms with van der Waals surface area (Å²) in [5, 5.41) is 12.6. The number of halogens is 1. The van der Waals surface area contributed by atoms with Gasteiger partial charge in [0.05, 0.1) is 12.7 Å². The van der Waals surface area contributed by atoms with E-state index in [1.807, 2.05) is 7.05 Å². The van der Waals surface area contributed by atoms with Crippen LogP contribution in [0.3, 0.4) is 0 Å². The molecule has 1 saturated heterocycles. The molecule has 5 heteroatoms. The third-order valence-electron chi connectivity index (χ3n) is 2.91. The minimum absolute atomic E-state index is 0.0333. The summed E-state index contributed by atoms with van der Waals surface area (Å²) in [5.74, 6) is -0.442. The van der Waals surface area contributed by atoms with Crippen LogP contribution in [0.5, 0.6) is 5.75 Å². The van der Waals surface area contributed by atoms with Crippen LogP contribution in [0.1, 0.15) is 5.56 Å². The summed E-state index contributed by atoms with van der Waals surface area (Å²) in [4.78, 5) is 2.06. The molecule has 0 aliphatic carbocycles. The Balaban J connectivity index is 1.87. The Bertz CT molecular complexity index is 374. The maximum atomic E-state index is 13.1. The zero-order chi connectivity index (χ0) is 13.0. The minimum atomic E-state index is -0.408. The lowest BCUT2D eigenvalue weighted by atomic mass is 10.2. The average Bonchev–Trinajstić information content (AvgIpc) is 2.28. The Morgan fingerprint density at radius 1 is 1.50 bits per heavy atom. The van der Waals surface area contributed by atoms with E-state index in [0.29, 0.717) is 6.54 Å². The van der Waals surface area contributed by atoms with Crippen molar-refractivity contribution in [3.05, 3.63) is 29.6 Å². The molecule has 0 amide bonds. The zero-order valence-electron chi connectivity index (χ0n) is 10.5. The van der Waals surface area contributed by atoms with Crippen LogP contribution >= 0.6 is 0 Å². The molecule has 1 aliphatic heterocycles. The molecular weight excluding hydrogens is 235 g/mol. The summed E-state index contributed by atoms with van der Waals surface area (Å²) in [6.45, 7) is 3.85. The van der Waals surface area contributed by atoms with E-state index in [1.165, 1.54) is 6.07 Å². The number of likely N-dealkylation sites (N-methyl/N-ethyl adjacent to an activating group) is 1. The van der Waals surface area contributed by atoms with E-state index < -0.39 is 5.82 Å². The molecule has 0 spiro atoms. The molecule has 1 heterocycles. The van der Waals surface area contributed by atoms with Crippen LogP contribution in [0.25, 0.3) is 0 Å². The van der Waals surface area contributed by atoms with Crippen LogP contribution in [0.15, 0.2) is 18.2 Å². The molecule has 1 unspecified atom stereocenters. The largest absolute Gasteiger partial charge is 0.508 e. The molecule has 0 radical (unpaired) electrons. The van der Waals surface area contributed by atoms with Crippen molar-refractivity contribution in [3.8, 4) is 5.75 Å². The molecule has 1 aromatic rings. The molecule has 0 aromatic heterocycles. The van der Waals surface area contributed by atoms with Crippen LogP contribution in [0, 0.1) is 5.82 Å². The highest BCUT2D eigenvalue weighted by molar-refractivity contribution is 5.28. The molecule has 0 bridgehead atoms. The summed E-state index contributed by atoms with van der Waals surface area (Å²) in [5.41, 5.74) is 0.763. The van der Waals surface area contributed by atoms with Gasteiger partial charge >= 0.3 is 0 Å². The van der Waals surface area contributed by atoms with E-state index in [-0.39, 0.29) is 11.9 Å². The number of hydrogen-bond acceptors (Lipinski definition) is 4. The highest BCUT2D eigenvalue weighted by atomic mass is 19.1. The lowest BCUT2D eigenvalue weighted by Gasteiger charge is -2.28. The van der Waals surface area contributed by atoms with Gasteiger partial charge < -0.3 is 15.2 Å². The van der Waals surface area contributed by atoms with Crippen molar-refractivity contribution in [2.45, 2.75) is 12.6 Å². The molecule has 1 aromatic carbocycles. The molecule has 1 atom stereocenters. The van der Waals surface area contributed by atoms with Crippen molar-refractivity contribution in [3.63, 3.8) is 0 Å². The molecule has 4 nitrogen and oxygen atoms in total. The first kappa shape index (κ1) is 13.3. The van der Waals surface area contributed by atoms with E-state index in [0.717, 1.165) is 37.9 Å². The fourth-order valence-corrected chi connectivity index (χ4v) is 2.19. The highest BCUT2D eigenvalue weighted by Crippen LogP contribution is 2.16. The zero-order valence-corrected chi connectivity index (χ0v) is 10.5. The number of ether oxygens (including phenoxy) is 1. The SMILES string of the molecule is CN(Cc1cc(O)cc(F)c1)CC1CNCCO1. The molecular formula is C13H19FN2O2. The fraction of sp³-hybridized carbons (Fsp3) is 0.538. The van der Waals surface area contributed by atoms with Gasteiger partial charge in [-0.2, -0.15) is 0 Å². The van der Waals surface area contributed by atoms with Crippen LogP contribution < -0.4 is 5.32 Å². The normalized spacial score (nSPS) is 20.3. The molecule has 1 aliphatic rings. The lowest BCUT2D eigenvalue weighted by molar-refractivity contribution is 0.00883. The first-order chi connectivity index (χ1) is 8.63. The van der Waals surface area contributed by atoms with Crippen LogP contribution in [0.2, 0.25) is 0 Å². The predicted molar refractivity (Wildman–Crippen MR) is 67.0 cm³/mol. The highest BCUT2D eigenvalue weighted by Gasteiger charge is 2.15. The Morgan fingerprint density at radius 2 is 2.33 bits per heavy atom. The number of benzene rings is 1. The van der Waals surface area contributed by atoms with Crippen LogP contribution in [0.4, 0.5) is 4.39 Å². The third kappa shape index (κ3) is 3.94. The standard InChI is InChI=1S/C13H19FN2O2/c1-16(9-13-7-15-2-3-18-13)8-10-4-11(14)6-12(17)5-10/h4-6,13,15,17H,2-3,7-9H2,1H3. The summed E-state index contributed by atoms with van der Waals surface area (Å²) in [6, 6.07) is 4.13. The molecule has 1 fully saturated rings. The van der Waals surface area contributed by atoms with Gasteiger partial charge in [-0.15, -0.1) is 0 Å². The van der Waals surface area contributed by atoms with Crippen molar-refractivity contribution >= 4 is 0 Å². The topological polar surface area (TPSA) is 44.7 Å². The van der Waals surface area contributed by atoms with Crippen LogP contribution in [-0.4, -0.2) is 49.4 Å². The number of phenols is 1. The van der Waals surface area contributed by atoms with Crippen molar-refractivity contribution < 1.29 is 14.2 Å². The van der Waals surface area contributed by atoms with Crippen LogP contribution in [-0.2, 0) is 11.3 Å². The molecule has 18 heavy (non-hydrogen) atoms. The number of phenolic OH excluding ortho intramolecular Hbond substituents is 1. The monoisotopic (exact) mass is 254 g/mol. The van der Waals surface area contributed by atoms with Gasteiger partial charge in [-0.3, -0.25) is 4.90 Å². The van der Waals surface area contributed by atoms with Gasteiger partial charge in [-0.25, -0.2) is 4.39 Å². The first-order valence-corrected chi connectivity index (χ1v) is 6.13. The second kappa shape index (κ2) is 6.13. The smallest absolute Gasteiger partial charge is 0.127 e. The second-order valence-corrected chi connectivity index (χ2v) is 4.71. The Labute approximate surface area is 106 Å². The fourth-order valence-electron chi connectivity index (χ4n) is 2.19. The maximum absolute atomic E-state index is 13.1. The number of aromatic hydroxyl groups is 1. The van der Waals surface area contributed by atoms with Gasteiger partial charge in [0.25, 0.3) is 0 Å². The first-order valence-electron chi connectivity index (χ1n) is 6.13. The molecule has 2 N–H and O–H groups in total. The van der Waals surface area contributed by atoms with Gasteiger partial charge in [-0.1, -0.05) is 0 Å². The number of rotatable bonds is 4. The maximum Gasteiger partial charge on any atom is 0.127 e. The lowest BCUT2D eigenvalue weighted by Crippen LogP contribution is -2.44. The summed E-state index contributed by atoms with van der Waals surface area (Å²) < 4.78 is 18.7. The number of nitrogens with one attached hydrogen (secondary N) is 1. The van der Waals surface area contributed by atoms with Gasteiger partial charge in [-0.05, 0) is 24.7 Å². The van der Waals surface area contributed by atoms with E-state index in [4.69, 9.17) is 4.74 Å². The summed E-state index contributed by atoms with van der Waals surface area (Å²) >= 11 is 0. The predicted octanol–water partition coefficient (Wildman–Crippen LogP) is 0.952. The minimum Gasteiger partial charge on any atom is -0.508 e. The number of morpholine rings is 1. The molecule has 2 rings (SSSR count). The number of nitrogens with zero attached hydrogens (tertiary/aromatic N) is 1. The summed E-state index contributed by atoms with van der Waals surface area (Å²) in [6.07, 6.45) is 0.172. The third-order valence-corrected chi connectivity index (χ3v) is 2.91. The van der Waals surface area contributed by atoms with E-state index in [2.05, 4.69) is 10.2 Å². The quantitative estimate of drug-likeness (QED) is 0.840. The van der Waals surface area contributed by atoms with Gasteiger partial charge in [0.2, 0.25) is 0 Å².